The van der Waals surface area contributed by atoms with E-state index in [1.807, 2.05) is 19.2 Å². The minimum absolute atomic E-state index is 0.329. The van der Waals surface area contributed by atoms with E-state index in [2.05, 4.69) is 24.4 Å². The Kier molecular flexibility index (Phi) is 5.09. The summed E-state index contributed by atoms with van der Waals surface area (Å²) in [5.74, 6) is 1.98. The second-order valence-corrected chi connectivity index (χ2v) is 5.71. The van der Waals surface area contributed by atoms with Gasteiger partial charge in [0.25, 0.3) is 0 Å². The van der Waals surface area contributed by atoms with Gasteiger partial charge in [-0.1, -0.05) is 0 Å². The Balaban J connectivity index is 2.51. The van der Waals surface area contributed by atoms with Crippen LogP contribution in [-0.4, -0.2) is 28.4 Å². The van der Waals surface area contributed by atoms with Gasteiger partial charge in [0, 0.05) is 21.4 Å². The van der Waals surface area contributed by atoms with Gasteiger partial charge in [0.2, 0.25) is 5.75 Å². The van der Waals surface area contributed by atoms with E-state index in [0.717, 1.165) is 10.4 Å². The van der Waals surface area contributed by atoms with Gasteiger partial charge in [-0.3, -0.25) is 0 Å². The van der Waals surface area contributed by atoms with Gasteiger partial charge in [-0.05, 0) is 38.2 Å². The molecule has 1 aromatic heterocycles. The molecule has 0 saturated carbocycles. The number of methoxy groups -OCH3 is 3. The minimum Gasteiger partial charge on any atom is -0.493 e. The summed E-state index contributed by atoms with van der Waals surface area (Å²) in [6, 6.07) is 8.47. The van der Waals surface area contributed by atoms with Gasteiger partial charge in [0.05, 0.1) is 21.3 Å². The van der Waals surface area contributed by atoms with E-state index < -0.39 is 0 Å². The predicted molar refractivity (Wildman–Crippen MR) is 86.9 cm³/mol. The van der Waals surface area contributed by atoms with Gasteiger partial charge in [-0.2, -0.15) is 0 Å². The minimum atomic E-state index is 0.329. The molecule has 0 radical (unpaired) electrons. The standard InChI is InChI=1S/C16H21NO3S/c1-10(17-2)13-8-9-14(21-13)11-6-7-12(18-3)16(20-5)15(11)19-4/h6-10,17H,1-5H3. The van der Waals surface area contributed by atoms with E-state index in [1.54, 1.807) is 32.7 Å². The highest BCUT2D eigenvalue weighted by Crippen LogP contribution is 2.46. The first-order chi connectivity index (χ1) is 10.2. The number of benzene rings is 1. The molecule has 0 aliphatic carbocycles. The van der Waals surface area contributed by atoms with Gasteiger partial charge in [-0.15, -0.1) is 11.3 Å². The molecule has 1 heterocycles. The summed E-state index contributed by atoms with van der Waals surface area (Å²) in [6.45, 7) is 2.14. The van der Waals surface area contributed by atoms with E-state index >= 15 is 0 Å². The van der Waals surface area contributed by atoms with Crippen molar-refractivity contribution in [3.05, 3.63) is 29.1 Å². The molecule has 0 aliphatic heterocycles. The van der Waals surface area contributed by atoms with Crippen LogP contribution in [0.4, 0.5) is 0 Å². The maximum absolute atomic E-state index is 5.55. The highest BCUT2D eigenvalue weighted by Gasteiger charge is 2.18. The summed E-state index contributed by atoms with van der Waals surface area (Å²) in [5, 5.41) is 3.25. The summed E-state index contributed by atoms with van der Waals surface area (Å²) in [7, 11) is 6.84. The molecule has 0 fully saturated rings. The Bertz CT molecular complexity index is 610. The molecular formula is C16H21NO3S. The second kappa shape index (κ2) is 6.83. The molecule has 114 valence electrons. The van der Waals surface area contributed by atoms with Crippen molar-refractivity contribution in [2.45, 2.75) is 13.0 Å². The predicted octanol–water partition coefficient (Wildman–Crippen LogP) is 3.72. The van der Waals surface area contributed by atoms with E-state index in [0.29, 0.717) is 23.3 Å². The zero-order valence-corrected chi connectivity index (χ0v) is 13.8. The third-order valence-electron chi connectivity index (χ3n) is 3.46. The molecule has 4 nitrogen and oxygen atoms in total. The Labute approximate surface area is 129 Å². The van der Waals surface area contributed by atoms with Crippen molar-refractivity contribution in [1.29, 1.82) is 0 Å². The third kappa shape index (κ3) is 2.99. The van der Waals surface area contributed by atoms with Crippen molar-refractivity contribution >= 4 is 11.3 Å². The fourth-order valence-corrected chi connectivity index (χ4v) is 3.26. The SMILES string of the molecule is CNC(C)c1ccc(-c2ccc(OC)c(OC)c2OC)s1. The van der Waals surface area contributed by atoms with Crippen LogP contribution < -0.4 is 19.5 Å². The van der Waals surface area contributed by atoms with Crippen LogP contribution in [-0.2, 0) is 0 Å². The molecule has 5 heteroatoms. The van der Waals surface area contributed by atoms with Crippen LogP contribution in [0.3, 0.4) is 0 Å². The molecule has 0 bridgehead atoms. The molecule has 1 N–H and O–H groups in total. The van der Waals surface area contributed by atoms with Crippen molar-refractivity contribution in [1.82, 2.24) is 5.32 Å². The van der Waals surface area contributed by atoms with Crippen LogP contribution >= 0.6 is 11.3 Å². The van der Waals surface area contributed by atoms with E-state index in [-0.39, 0.29) is 0 Å². The molecule has 0 spiro atoms. The van der Waals surface area contributed by atoms with Gasteiger partial charge in [0.15, 0.2) is 11.5 Å². The molecule has 1 unspecified atom stereocenters. The van der Waals surface area contributed by atoms with Crippen LogP contribution in [0.5, 0.6) is 17.2 Å². The smallest absolute Gasteiger partial charge is 0.203 e. The lowest BCUT2D eigenvalue weighted by Gasteiger charge is -2.15. The topological polar surface area (TPSA) is 39.7 Å². The molecule has 0 aliphatic rings. The highest BCUT2D eigenvalue weighted by molar-refractivity contribution is 7.15. The average molecular weight is 307 g/mol. The maximum Gasteiger partial charge on any atom is 0.203 e. The van der Waals surface area contributed by atoms with Crippen LogP contribution in [0.2, 0.25) is 0 Å². The molecule has 21 heavy (non-hydrogen) atoms. The lowest BCUT2D eigenvalue weighted by atomic mass is 10.1. The number of nitrogens with one attached hydrogen (secondary N) is 1. The molecule has 2 rings (SSSR count). The summed E-state index contributed by atoms with van der Waals surface area (Å²) in [4.78, 5) is 2.43. The fourth-order valence-electron chi connectivity index (χ4n) is 2.17. The Morgan fingerprint density at radius 3 is 2.24 bits per heavy atom. The maximum atomic E-state index is 5.55. The number of rotatable bonds is 6. The lowest BCUT2D eigenvalue weighted by Crippen LogP contribution is -2.10. The molecule has 0 amide bonds. The molecule has 1 aromatic carbocycles. The quantitative estimate of drug-likeness (QED) is 0.883. The Morgan fingerprint density at radius 1 is 0.952 bits per heavy atom. The molecule has 1 atom stereocenters. The number of thiophene rings is 1. The first-order valence-corrected chi connectivity index (χ1v) is 7.54. The van der Waals surface area contributed by atoms with Gasteiger partial charge in [0.1, 0.15) is 0 Å². The number of ether oxygens (including phenoxy) is 3. The molecule has 0 saturated heterocycles. The first-order valence-electron chi connectivity index (χ1n) is 6.72. The van der Waals surface area contributed by atoms with Gasteiger partial charge in [-0.25, -0.2) is 0 Å². The van der Waals surface area contributed by atoms with Crippen molar-refractivity contribution in [2.24, 2.45) is 0 Å². The van der Waals surface area contributed by atoms with Crippen LogP contribution in [0, 0.1) is 0 Å². The Hall–Kier alpha value is -1.72. The van der Waals surface area contributed by atoms with Crippen molar-refractivity contribution < 1.29 is 14.2 Å². The summed E-state index contributed by atoms with van der Waals surface area (Å²) < 4.78 is 16.3. The summed E-state index contributed by atoms with van der Waals surface area (Å²) in [6.07, 6.45) is 0. The molecule has 2 aromatic rings. The van der Waals surface area contributed by atoms with E-state index in [4.69, 9.17) is 14.2 Å². The summed E-state index contributed by atoms with van der Waals surface area (Å²) >= 11 is 1.74. The van der Waals surface area contributed by atoms with Crippen LogP contribution in [0.25, 0.3) is 10.4 Å². The summed E-state index contributed by atoms with van der Waals surface area (Å²) in [5.41, 5.74) is 1.01. The van der Waals surface area contributed by atoms with Gasteiger partial charge >= 0.3 is 0 Å². The van der Waals surface area contributed by atoms with E-state index in [1.165, 1.54) is 4.88 Å². The molecular weight excluding hydrogens is 286 g/mol. The number of hydrogen-bond donors (Lipinski definition) is 1. The Morgan fingerprint density at radius 2 is 1.67 bits per heavy atom. The van der Waals surface area contributed by atoms with Crippen LogP contribution in [0.15, 0.2) is 24.3 Å². The zero-order valence-electron chi connectivity index (χ0n) is 13.0. The van der Waals surface area contributed by atoms with Crippen LogP contribution in [0.1, 0.15) is 17.8 Å². The first kappa shape index (κ1) is 15.7. The second-order valence-electron chi connectivity index (χ2n) is 4.59. The normalized spacial score (nSPS) is 12.0. The van der Waals surface area contributed by atoms with Gasteiger partial charge < -0.3 is 19.5 Å². The monoisotopic (exact) mass is 307 g/mol. The fraction of sp³-hybridized carbons (Fsp3) is 0.375. The lowest BCUT2D eigenvalue weighted by molar-refractivity contribution is 0.325. The van der Waals surface area contributed by atoms with Crippen molar-refractivity contribution in [2.75, 3.05) is 28.4 Å². The largest absolute Gasteiger partial charge is 0.493 e. The van der Waals surface area contributed by atoms with Crippen molar-refractivity contribution in [3.8, 4) is 27.7 Å². The average Bonchev–Trinajstić information content (AvgIpc) is 3.02. The third-order valence-corrected chi connectivity index (χ3v) is 4.76. The van der Waals surface area contributed by atoms with E-state index in [9.17, 15) is 0 Å². The highest BCUT2D eigenvalue weighted by atomic mass is 32.1. The zero-order chi connectivity index (χ0) is 15.4. The number of hydrogen-bond acceptors (Lipinski definition) is 5. The van der Waals surface area contributed by atoms with Crippen molar-refractivity contribution in [3.63, 3.8) is 0 Å².